The summed E-state index contributed by atoms with van der Waals surface area (Å²) in [5, 5.41) is 0. The van der Waals surface area contributed by atoms with Crippen molar-refractivity contribution in [3.05, 3.63) is 101 Å². The third kappa shape index (κ3) is 4.31. The first kappa shape index (κ1) is 21.8. The van der Waals surface area contributed by atoms with Gasteiger partial charge in [-0.3, -0.25) is 4.79 Å². The van der Waals surface area contributed by atoms with Crippen molar-refractivity contribution in [2.24, 2.45) is 5.92 Å². The van der Waals surface area contributed by atoms with Crippen molar-refractivity contribution in [2.45, 2.75) is 40.3 Å². The smallest absolute Gasteiger partial charge is 0.254 e. The Balaban J connectivity index is 1.82. The molecule has 3 aromatic carbocycles. The maximum atomic E-state index is 13.6. The van der Waals surface area contributed by atoms with Crippen LogP contribution in [0, 0.1) is 12.8 Å². The van der Waals surface area contributed by atoms with Crippen LogP contribution in [0.15, 0.2) is 78.9 Å². The lowest BCUT2D eigenvalue weighted by Crippen LogP contribution is -2.38. The van der Waals surface area contributed by atoms with E-state index in [0.29, 0.717) is 12.1 Å². The lowest BCUT2D eigenvalue weighted by Gasteiger charge is -2.34. The van der Waals surface area contributed by atoms with E-state index in [0.717, 1.165) is 29.0 Å². The van der Waals surface area contributed by atoms with Gasteiger partial charge in [0.25, 0.3) is 5.91 Å². The van der Waals surface area contributed by atoms with Gasteiger partial charge in [0.2, 0.25) is 0 Å². The van der Waals surface area contributed by atoms with Crippen LogP contribution in [0.2, 0.25) is 0 Å². The summed E-state index contributed by atoms with van der Waals surface area (Å²) in [5.41, 5.74) is 5.13. The third-order valence-electron chi connectivity index (χ3n) is 6.00. The van der Waals surface area contributed by atoms with Gasteiger partial charge in [-0.25, -0.2) is 4.98 Å². The Morgan fingerprint density at radius 3 is 2.25 bits per heavy atom. The first-order valence-corrected chi connectivity index (χ1v) is 11.4. The van der Waals surface area contributed by atoms with Crippen LogP contribution >= 0.6 is 0 Å². The van der Waals surface area contributed by atoms with Crippen molar-refractivity contribution in [1.82, 2.24) is 14.5 Å². The van der Waals surface area contributed by atoms with Gasteiger partial charge in [-0.05, 0) is 49.6 Å². The highest BCUT2D eigenvalue weighted by Gasteiger charge is 2.32. The molecule has 0 spiro atoms. The van der Waals surface area contributed by atoms with Gasteiger partial charge < -0.3 is 9.47 Å². The first-order chi connectivity index (χ1) is 15.5. The Labute approximate surface area is 190 Å². The number of amides is 1. The highest BCUT2D eigenvalue weighted by molar-refractivity contribution is 5.94. The molecule has 32 heavy (non-hydrogen) atoms. The largest absolute Gasteiger partial charge is 0.328 e. The molecule has 0 N–H and O–H groups in total. The van der Waals surface area contributed by atoms with Crippen LogP contribution in [0.4, 0.5) is 0 Å². The topological polar surface area (TPSA) is 38.1 Å². The van der Waals surface area contributed by atoms with E-state index >= 15 is 0 Å². The number of fused-ring (bicyclic) bond motifs is 1. The second-order valence-corrected chi connectivity index (χ2v) is 8.68. The predicted molar refractivity (Wildman–Crippen MR) is 131 cm³/mol. The zero-order valence-electron chi connectivity index (χ0n) is 19.3. The summed E-state index contributed by atoms with van der Waals surface area (Å²) in [6.45, 7) is 9.75. The fraction of sp³-hybridized carbons (Fsp3) is 0.286. The number of imidazole rings is 1. The first-order valence-electron chi connectivity index (χ1n) is 11.4. The highest BCUT2D eigenvalue weighted by atomic mass is 16.2. The lowest BCUT2D eigenvalue weighted by molar-refractivity contribution is 0.0621. The van der Waals surface area contributed by atoms with Crippen molar-refractivity contribution >= 4 is 16.9 Å². The Bertz CT molecular complexity index is 1190. The molecule has 4 aromatic rings. The zero-order chi connectivity index (χ0) is 22.7. The van der Waals surface area contributed by atoms with Crippen LogP contribution in [-0.4, -0.2) is 26.9 Å². The Morgan fingerprint density at radius 1 is 0.938 bits per heavy atom. The van der Waals surface area contributed by atoms with Crippen molar-refractivity contribution in [3.8, 4) is 0 Å². The number of nitrogens with zero attached hydrogens (tertiary/aromatic N) is 3. The van der Waals surface area contributed by atoms with Gasteiger partial charge in [-0.2, -0.15) is 0 Å². The standard InChI is InChI=1S/C28H31N3O/c1-5-30(28(32)23-17-15-21(4)16-18-23)26(20(2)3)27-29-24-13-9-10-14-25(24)31(27)19-22-11-7-6-8-12-22/h6-18,20,26H,5,19H2,1-4H3/t26-/m1/s1. The molecule has 1 heterocycles. The number of hydrogen-bond donors (Lipinski definition) is 0. The van der Waals surface area contributed by atoms with Crippen molar-refractivity contribution < 1.29 is 4.79 Å². The van der Waals surface area contributed by atoms with Crippen molar-refractivity contribution in [3.63, 3.8) is 0 Å². The molecule has 0 fully saturated rings. The normalized spacial score (nSPS) is 12.3. The second-order valence-electron chi connectivity index (χ2n) is 8.68. The van der Waals surface area contributed by atoms with E-state index in [9.17, 15) is 4.79 Å². The zero-order valence-corrected chi connectivity index (χ0v) is 19.3. The van der Waals surface area contributed by atoms with Gasteiger partial charge in [0.05, 0.1) is 17.1 Å². The van der Waals surface area contributed by atoms with E-state index in [1.165, 1.54) is 5.56 Å². The van der Waals surface area contributed by atoms with Crippen molar-refractivity contribution in [1.29, 1.82) is 0 Å². The molecule has 1 aromatic heterocycles. The molecule has 1 atom stereocenters. The molecule has 0 radical (unpaired) electrons. The van der Waals surface area contributed by atoms with E-state index in [-0.39, 0.29) is 17.9 Å². The average Bonchev–Trinajstić information content (AvgIpc) is 3.15. The van der Waals surface area contributed by atoms with Gasteiger partial charge >= 0.3 is 0 Å². The molecule has 4 nitrogen and oxygen atoms in total. The molecule has 4 rings (SSSR count). The monoisotopic (exact) mass is 425 g/mol. The third-order valence-corrected chi connectivity index (χ3v) is 6.00. The number of aryl methyl sites for hydroxylation is 1. The maximum absolute atomic E-state index is 13.6. The molecular weight excluding hydrogens is 394 g/mol. The van der Waals surface area contributed by atoms with Crippen LogP contribution in [0.1, 0.15) is 54.1 Å². The SMILES string of the molecule is CCN(C(=O)c1ccc(C)cc1)[C@@H](c1nc2ccccc2n1Cc1ccccc1)C(C)C. The Morgan fingerprint density at radius 2 is 1.59 bits per heavy atom. The minimum absolute atomic E-state index is 0.0458. The fourth-order valence-electron chi connectivity index (χ4n) is 4.38. The predicted octanol–water partition coefficient (Wildman–Crippen LogP) is 6.25. The summed E-state index contributed by atoms with van der Waals surface area (Å²) >= 11 is 0. The van der Waals surface area contributed by atoms with Crippen LogP contribution in [0.5, 0.6) is 0 Å². The number of aromatic nitrogens is 2. The highest BCUT2D eigenvalue weighted by Crippen LogP contribution is 2.32. The van der Waals surface area contributed by atoms with E-state index in [1.807, 2.05) is 55.1 Å². The van der Waals surface area contributed by atoms with Gasteiger partial charge in [0.15, 0.2) is 0 Å². The fourth-order valence-corrected chi connectivity index (χ4v) is 4.38. The van der Waals surface area contributed by atoms with E-state index in [4.69, 9.17) is 4.98 Å². The van der Waals surface area contributed by atoms with Crippen LogP contribution in [0.25, 0.3) is 11.0 Å². The molecule has 0 saturated heterocycles. The minimum atomic E-state index is -0.134. The van der Waals surface area contributed by atoms with Gasteiger partial charge in [-0.1, -0.05) is 74.0 Å². The van der Waals surface area contributed by atoms with E-state index < -0.39 is 0 Å². The molecular formula is C28H31N3O. The van der Waals surface area contributed by atoms with Gasteiger partial charge in [0, 0.05) is 18.7 Å². The molecule has 1 amide bonds. The lowest BCUT2D eigenvalue weighted by atomic mass is 9.99. The molecule has 0 aliphatic heterocycles. The molecule has 4 heteroatoms. The Kier molecular flexibility index (Phi) is 6.40. The second kappa shape index (κ2) is 9.39. The maximum Gasteiger partial charge on any atom is 0.254 e. The molecule has 0 unspecified atom stereocenters. The number of carbonyl (C=O) groups excluding carboxylic acids is 1. The molecule has 164 valence electrons. The van der Waals surface area contributed by atoms with Crippen LogP contribution < -0.4 is 0 Å². The molecule has 0 saturated carbocycles. The quantitative estimate of drug-likeness (QED) is 0.351. The van der Waals surface area contributed by atoms with Gasteiger partial charge in [0.1, 0.15) is 5.82 Å². The Hall–Kier alpha value is -3.40. The summed E-state index contributed by atoms with van der Waals surface area (Å²) in [6.07, 6.45) is 0. The summed E-state index contributed by atoms with van der Waals surface area (Å²) in [4.78, 5) is 20.6. The van der Waals surface area contributed by atoms with Crippen LogP contribution in [0.3, 0.4) is 0 Å². The summed E-state index contributed by atoms with van der Waals surface area (Å²) in [5.74, 6) is 1.19. The summed E-state index contributed by atoms with van der Waals surface area (Å²) in [6, 6.07) is 26.4. The van der Waals surface area contributed by atoms with E-state index in [1.54, 1.807) is 0 Å². The molecule has 0 aliphatic rings. The molecule has 0 bridgehead atoms. The number of benzene rings is 3. The summed E-state index contributed by atoms with van der Waals surface area (Å²) < 4.78 is 2.28. The van der Waals surface area contributed by atoms with E-state index in [2.05, 4.69) is 60.9 Å². The van der Waals surface area contributed by atoms with Crippen molar-refractivity contribution in [2.75, 3.05) is 6.54 Å². The summed E-state index contributed by atoms with van der Waals surface area (Å²) in [7, 11) is 0. The minimum Gasteiger partial charge on any atom is -0.328 e. The number of para-hydroxylation sites is 2. The van der Waals surface area contributed by atoms with Crippen LogP contribution in [-0.2, 0) is 6.54 Å². The number of carbonyl (C=O) groups is 1. The molecule has 0 aliphatic carbocycles. The number of rotatable bonds is 7. The number of hydrogen-bond acceptors (Lipinski definition) is 2. The van der Waals surface area contributed by atoms with Gasteiger partial charge in [-0.15, -0.1) is 0 Å². The average molecular weight is 426 g/mol.